The average Bonchev–Trinajstić information content (AvgIpc) is 2.85. The van der Waals surface area contributed by atoms with Crippen LogP contribution in [-0.4, -0.2) is 72.5 Å². The average molecular weight is 610 g/mol. The van der Waals surface area contributed by atoms with E-state index in [4.69, 9.17) is 15.0 Å². The highest BCUT2D eigenvalue weighted by atomic mass is 16.3. The number of hydrogen-bond donors (Lipinski definition) is 4. The maximum Gasteiger partial charge on any atom is 0.230 e. The first-order chi connectivity index (χ1) is 20.4. The van der Waals surface area contributed by atoms with Gasteiger partial charge >= 0.3 is 0 Å². The van der Waals surface area contributed by atoms with Crippen LogP contribution in [0.2, 0.25) is 0 Å². The maximum atomic E-state index is 11.0. The van der Waals surface area contributed by atoms with Crippen LogP contribution >= 0.6 is 0 Å². The van der Waals surface area contributed by atoms with Gasteiger partial charge in [-0.3, -0.25) is 0 Å². The minimum Gasteiger partial charge on any atom is -0.508 e. The van der Waals surface area contributed by atoms with E-state index in [0.717, 1.165) is 64.5 Å². The summed E-state index contributed by atoms with van der Waals surface area (Å²) in [5, 5.41) is 28.7. The molecule has 44 heavy (non-hydrogen) atoms. The van der Waals surface area contributed by atoms with E-state index < -0.39 is 0 Å². The number of aromatic hydroxyl groups is 2. The Morgan fingerprint density at radius 3 is 1.45 bits per heavy atom. The number of anilines is 2. The zero-order valence-corrected chi connectivity index (χ0v) is 29.1. The van der Waals surface area contributed by atoms with Gasteiger partial charge in [0.2, 0.25) is 11.9 Å². The summed E-state index contributed by atoms with van der Waals surface area (Å²) in [5.74, 6) is 1.73. The molecule has 2 aliphatic heterocycles. The molecule has 0 spiro atoms. The van der Waals surface area contributed by atoms with E-state index in [1.54, 1.807) is 12.1 Å². The third-order valence-electron chi connectivity index (χ3n) is 9.07. The van der Waals surface area contributed by atoms with Crippen molar-refractivity contribution in [2.75, 3.05) is 22.9 Å². The number of aromatic nitrogens is 3. The molecule has 246 valence electrons. The largest absolute Gasteiger partial charge is 0.508 e. The van der Waals surface area contributed by atoms with Crippen molar-refractivity contribution in [1.29, 1.82) is 0 Å². The van der Waals surface area contributed by atoms with Gasteiger partial charge in [-0.1, -0.05) is 26.7 Å². The van der Waals surface area contributed by atoms with Crippen molar-refractivity contribution >= 4 is 11.9 Å². The minimum absolute atomic E-state index is 0.00762. The van der Waals surface area contributed by atoms with Crippen LogP contribution in [0.15, 0.2) is 18.2 Å². The first-order valence-corrected chi connectivity index (χ1v) is 16.8. The van der Waals surface area contributed by atoms with Gasteiger partial charge in [0.05, 0.1) is 5.56 Å². The molecule has 0 radical (unpaired) electrons. The van der Waals surface area contributed by atoms with Crippen LogP contribution in [0.4, 0.5) is 11.9 Å². The molecular weight excluding hydrogens is 550 g/mol. The molecule has 0 aliphatic carbocycles. The van der Waals surface area contributed by atoms with Crippen LogP contribution in [0.5, 0.6) is 11.5 Å². The fourth-order valence-corrected chi connectivity index (χ4v) is 7.97. The Hall–Kier alpha value is -2.65. The lowest BCUT2D eigenvalue weighted by Gasteiger charge is -2.50. The number of phenols is 2. The van der Waals surface area contributed by atoms with Crippen molar-refractivity contribution in [3.05, 3.63) is 18.2 Å². The van der Waals surface area contributed by atoms with Gasteiger partial charge in [0.1, 0.15) is 11.5 Å². The van der Waals surface area contributed by atoms with Crippen molar-refractivity contribution in [3.63, 3.8) is 0 Å². The molecule has 9 heteroatoms. The maximum absolute atomic E-state index is 11.0. The Morgan fingerprint density at radius 2 is 1.09 bits per heavy atom. The number of nitrogens with zero attached hydrogens (tertiary/aromatic N) is 5. The Bertz CT molecular complexity index is 1180. The number of benzene rings is 1. The van der Waals surface area contributed by atoms with E-state index in [9.17, 15) is 10.2 Å². The molecule has 2 aliphatic rings. The molecule has 4 N–H and O–H groups in total. The van der Waals surface area contributed by atoms with Gasteiger partial charge < -0.3 is 30.6 Å². The second-order valence-electron chi connectivity index (χ2n) is 16.0. The number of hydrogen-bond acceptors (Lipinski definition) is 9. The number of piperidine rings is 2. The van der Waals surface area contributed by atoms with Crippen molar-refractivity contribution in [2.45, 2.75) is 155 Å². The third kappa shape index (κ3) is 8.53. The highest BCUT2D eigenvalue weighted by Crippen LogP contribution is 2.38. The van der Waals surface area contributed by atoms with Crippen molar-refractivity contribution in [2.24, 2.45) is 0 Å². The minimum atomic E-state index is -0.0402. The summed E-state index contributed by atoms with van der Waals surface area (Å²) < 4.78 is 0. The number of unbranched alkanes of at least 4 members (excludes halogenated alkanes) is 2. The van der Waals surface area contributed by atoms with E-state index in [-0.39, 0.29) is 45.7 Å². The smallest absolute Gasteiger partial charge is 0.230 e. The predicted molar refractivity (Wildman–Crippen MR) is 182 cm³/mol. The van der Waals surface area contributed by atoms with Gasteiger partial charge in [0, 0.05) is 53.4 Å². The molecule has 0 saturated carbocycles. The molecule has 3 heterocycles. The number of nitrogens with one attached hydrogen (secondary N) is 2. The standard InChI is InChI=1S/C35H59N7O2/c1-11-13-17-41(24-20-32(3,4)39-33(5,6)21-24)30-36-29(27-16-15-26(43)19-28(27)44)37-31(38-30)42(18-14-12-2)25-22-34(7,8)40-35(9,10)23-25/h15-16,19,24-25,39-40,43-44H,11-14,17-18,20-23H2,1-10H3. The van der Waals surface area contributed by atoms with Crippen molar-refractivity contribution in [3.8, 4) is 22.9 Å². The number of phenolic OH excluding ortho intramolecular Hbond substituents is 2. The quantitative estimate of drug-likeness (QED) is 0.219. The van der Waals surface area contributed by atoms with E-state index in [1.165, 1.54) is 6.07 Å². The van der Waals surface area contributed by atoms with Gasteiger partial charge in [-0.05, 0) is 106 Å². The van der Waals surface area contributed by atoms with E-state index in [1.807, 2.05) is 0 Å². The second kappa shape index (κ2) is 13.0. The fourth-order valence-electron chi connectivity index (χ4n) is 7.97. The third-order valence-corrected chi connectivity index (χ3v) is 9.07. The zero-order valence-electron chi connectivity index (χ0n) is 29.1. The fraction of sp³-hybridized carbons (Fsp3) is 0.743. The van der Waals surface area contributed by atoms with Gasteiger partial charge in [-0.25, -0.2) is 0 Å². The highest BCUT2D eigenvalue weighted by molar-refractivity contribution is 5.67. The van der Waals surface area contributed by atoms with Gasteiger partial charge in [0.25, 0.3) is 0 Å². The lowest BCUT2D eigenvalue weighted by Crippen LogP contribution is -2.63. The molecule has 1 aromatic heterocycles. The van der Waals surface area contributed by atoms with Crippen LogP contribution in [0.3, 0.4) is 0 Å². The Kier molecular flexibility index (Phi) is 10.1. The van der Waals surface area contributed by atoms with Crippen LogP contribution in [0, 0.1) is 0 Å². The Labute approximate surface area is 266 Å². The molecule has 9 nitrogen and oxygen atoms in total. The van der Waals surface area contributed by atoms with Crippen molar-refractivity contribution in [1.82, 2.24) is 25.6 Å². The summed E-state index contributed by atoms with van der Waals surface area (Å²) in [6, 6.07) is 5.12. The van der Waals surface area contributed by atoms with Gasteiger partial charge in [-0.15, -0.1) is 0 Å². The van der Waals surface area contributed by atoms with E-state index in [2.05, 4.69) is 89.7 Å². The number of rotatable bonds is 11. The topological polar surface area (TPSA) is 110 Å². The SMILES string of the molecule is CCCCN(c1nc(-c2ccc(O)cc2O)nc(N(CCCC)C2CC(C)(C)NC(C)(C)C2)n1)C1CC(C)(C)NC(C)(C)C1. The van der Waals surface area contributed by atoms with Gasteiger partial charge in [-0.2, -0.15) is 15.0 Å². The Morgan fingerprint density at radius 1 is 0.682 bits per heavy atom. The first-order valence-electron chi connectivity index (χ1n) is 16.8. The summed E-state index contributed by atoms with van der Waals surface area (Å²) in [6.45, 7) is 24.4. The molecule has 0 atom stereocenters. The summed E-state index contributed by atoms with van der Waals surface area (Å²) in [4.78, 5) is 20.3. The van der Waals surface area contributed by atoms with Crippen LogP contribution < -0.4 is 20.4 Å². The second-order valence-corrected chi connectivity index (χ2v) is 16.0. The lowest BCUT2D eigenvalue weighted by atomic mass is 9.79. The lowest BCUT2D eigenvalue weighted by molar-refractivity contribution is 0.157. The molecule has 0 unspecified atom stereocenters. The molecule has 2 aromatic rings. The van der Waals surface area contributed by atoms with Crippen molar-refractivity contribution < 1.29 is 10.2 Å². The predicted octanol–water partition coefficient (Wildman–Crippen LogP) is 6.78. The van der Waals surface area contributed by atoms with Crippen LogP contribution in [-0.2, 0) is 0 Å². The molecule has 0 bridgehead atoms. The normalized spacial score (nSPS) is 21.2. The van der Waals surface area contributed by atoms with Crippen LogP contribution in [0.1, 0.15) is 121 Å². The molecule has 0 amide bonds. The molecule has 2 saturated heterocycles. The molecular formula is C35H59N7O2. The highest BCUT2D eigenvalue weighted by Gasteiger charge is 2.43. The first kappa shape index (κ1) is 34.2. The monoisotopic (exact) mass is 609 g/mol. The summed E-state index contributed by atoms with van der Waals surface area (Å²) in [7, 11) is 0. The van der Waals surface area contributed by atoms with E-state index >= 15 is 0 Å². The summed E-state index contributed by atoms with van der Waals surface area (Å²) >= 11 is 0. The zero-order chi connectivity index (χ0) is 32.5. The van der Waals surface area contributed by atoms with Crippen LogP contribution in [0.25, 0.3) is 11.4 Å². The Balaban J connectivity index is 1.90. The van der Waals surface area contributed by atoms with E-state index in [0.29, 0.717) is 23.3 Å². The van der Waals surface area contributed by atoms with Gasteiger partial charge in [0.15, 0.2) is 5.82 Å². The molecule has 1 aromatic carbocycles. The molecule has 2 fully saturated rings. The summed E-state index contributed by atoms with van der Waals surface area (Å²) in [5.41, 5.74) is 0.346. The summed E-state index contributed by atoms with van der Waals surface area (Å²) in [6.07, 6.45) is 8.08. The molecule has 4 rings (SSSR count).